The Morgan fingerprint density at radius 2 is 0.893 bits per heavy atom. The van der Waals surface area contributed by atoms with Crippen LogP contribution in [0.15, 0.2) is 23.3 Å². The van der Waals surface area contributed by atoms with Crippen LogP contribution in [0.5, 0.6) is 0 Å². The maximum Gasteiger partial charge on any atom is 0.0577 e. The second kappa shape index (κ2) is 17.0. The molecule has 0 saturated heterocycles. The van der Waals surface area contributed by atoms with Crippen molar-refractivity contribution in [2.24, 2.45) is 92.7 Å². The molecule has 8 rings (SSSR count). The summed E-state index contributed by atoms with van der Waals surface area (Å²) in [5, 5.41) is 20.4. The van der Waals surface area contributed by atoms with Crippen LogP contribution < -0.4 is 0 Å². The minimum atomic E-state index is -0.0766. The molecule has 0 aliphatic heterocycles. The molecule has 8 aliphatic carbocycles. The van der Waals surface area contributed by atoms with Gasteiger partial charge in [-0.25, -0.2) is 0 Å². The lowest BCUT2D eigenvalue weighted by Gasteiger charge is -2.58. The molecule has 2 N–H and O–H groups in total. The Morgan fingerprint density at radius 3 is 1.27 bits per heavy atom. The van der Waals surface area contributed by atoms with Crippen molar-refractivity contribution in [1.82, 2.24) is 0 Å². The third kappa shape index (κ3) is 8.00. The second-order valence-corrected chi connectivity index (χ2v) is 24.4. The molecule has 0 aromatic heterocycles. The number of allylic oxidation sites excluding steroid dienone is 2. The first-order valence-corrected chi connectivity index (χ1v) is 25.3. The van der Waals surface area contributed by atoms with Gasteiger partial charge in [0.15, 0.2) is 0 Å². The topological polar surface area (TPSA) is 40.5 Å². The van der Waals surface area contributed by atoms with Crippen molar-refractivity contribution in [3.05, 3.63) is 23.3 Å². The van der Waals surface area contributed by atoms with Crippen LogP contribution in [0.25, 0.3) is 0 Å². The van der Waals surface area contributed by atoms with E-state index in [1.807, 2.05) is 0 Å². The second-order valence-electron chi connectivity index (χ2n) is 24.4. The summed E-state index contributed by atoms with van der Waals surface area (Å²) >= 11 is 0. The number of hydrogen-bond acceptors (Lipinski definition) is 2. The summed E-state index contributed by atoms with van der Waals surface area (Å²) in [7, 11) is 0. The lowest BCUT2D eigenvalue weighted by Crippen LogP contribution is -2.50. The summed E-state index contributed by atoms with van der Waals surface area (Å²) in [4.78, 5) is 0. The van der Waals surface area contributed by atoms with Gasteiger partial charge in [-0.3, -0.25) is 0 Å². The summed E-state index contributed by atoms with van der Waals surface area (Å²) in [6.45, 7) is 25.1. The van der Waals surface area contributed by atoms with Crippen LogP contribution in [-0.2, 0) is 0 Å². The van der Waals surface area contributed by atoms with Crippen LogP contribution >= 0.6 is 0 Å². The van der Waals surface area contributed by atoms with Gasteiger partial charge in [0.25, 0.3) is 0 Å². The minimum Gasteiger partial charge on any atom is -0.393 e. The third-order valence-electron chi connectivity index (χ3n) is 20.6. The molecule has 2 heteroatoms. The number of aliphatic hydroxyl groups excluding tert-OH is 2. The zero-order valence-corrected chi connectivity index (χ0v) is 38.7. The van der Waals surface area contributed by atoms with Crippen LogP contribution in [0.4, 0.5) is 0 Å². The molecule has 2 nitrogen and oxygen atoms in total. The largest absolute Gasteiger partial charge is 0.393 e. The van der Waals surface area contributed by atoms with E-state index in [2.05, 4.69) is 81.4 Å². The molecule has 0 amide bonds. The molecular weight excluding hydrogens is 681 g/mol. The number of fused-ring (bicyclic) bond motifs is 10. The summed E-state index contributed by atoms with van der Waals surface area (Å²) in [5.74, 6) is 10.9. The lowest BCUT2D eigenvalue weighted by molar-refractivity contribution is -0.0573. The Kier molecular flexibility index (Phi) is 13.2. The molecule has 0 heterocycles. The first-order chi connectivity index (χ1) is 26.5. The van der Waals surface area contributed by atoms with Crippen molar-refractivity contribution < 1.29 is 10.2 Å². The molecule has 0 spiro atoms. The van der Waals surface area contributed by atoms with Gasteiger partial charge in [0, 0.05) is 0 Å². The fourth-order valence-electron chi connectivity index (χ4n) is 17.3. The first kappa shape index (κ1) is 43.5. The summed E-state index contributed by atoms with van der Waals surface area (Å²) < 4.78 is 0. The molecule has 0 radical (unpaired) electrons. The van der Waals surface area contributed by atoms with Gasteiger partial charge in [0.1, 0.15) is 0 Å². The normalized spacial score (nSPS) is 46.5. The zero-order valence-electron chi connectivity index (χ0n) is 38.7. The van der Waals surface area contributed by atoms with Gasteiger partial charge in [-0.15, -0.1) is 0 Å². The quantitative estimate of drug-likeness (QED) is 0.217. The molecule has 16 unspecified atom stereocenters. The first-order valence-electron chi connectivity index (χ1n) is 25.3. The maximum atomic E-state index is 10.2. The van der Waals surface area contributed by atoms with Crippen LogP contribution in [0, 0.1) is 92.7 Å². The van der Waals surface area contributed by atoms with Crippen molar-refractivity contribution in [1.29, 1.82) is 0 Å². The summed E-state index contributed by atoms with van der Waals surface area (Å²) in [5.41, 5.74) is 5.21. The predicted octanol–water partition coefficient (Wildman–Crippen LogP) is 14.8. The van der Waals surface area contributed by atoms with Crippen LogP contribution in [-0.4, -0.2) is 22.4 Å². The van der Waals surface area contributed by atoms with Gasteiger partial charge >= 0.3 is 0 Å². The Morgan fingerprint density at radius 1 is 0.500 bits per heavy atom. The van der Waals surface area contributed by atoms with Gasteiger partial charge in [-0.05, 0) is 195 Å². The summed E-state index contributed by atoms with van der Waals surface area (Å²) in [6, 6.07) is 0. The van der Waals surface area contributed by atoms with Gasteiger partial charge in [0.2, 0.25) is 0 Å². The monoisotopic (exact) mass is 773 g/mol. The molecule has 0 bridgehead atoms. The van der Waals surface area contributed by atoms with E-state index in [9.17, 15) is 10.2 Å². The molecule has 0 aromatic carbocycles. The number of hydrogen-bond donors (Lipinski definition) is 2. The van der Waals surface area contributed by atoms with Gasteiger partial charge in [-0.2, -0.15) is 0 Å². The molecule has 6 fully saturated rings. The molecular formula is C54H92O2. The average Bonchev–Trinajstić information content (AvgIpc) is 3.69. The van der Waals surface area contributed by atoms with Gasteiger partial charge in [0.05, 0.1) is 12.2 Å². The number of rotatable bonds is 10. The van der Waals surface area contributed by atoms with Crippen LogP contribution in [0.2, 0.25) is 0 Å². The van der Waals surface area contributed by atoms with Crippen molar-refractivity contribution in [3.63, 3.8) is 0 Å². The average molecular weight is 773 g/mol. The predicted molar refractivity (Wildman–Crippen MR) is 238 cm³/mol. The van der Waals surface area contributed by atoms with E-state index in [4.69, 9.17) is 0 Å². The molecule has 6 saturated carbocycles. The highest BCUT2D eigenvalue weighted by Gasteiger charge is 2.60. The third-order valence-corrected chi connectivity index (χ3v) is 20.6. The zero-order chi connectivity index (χ0) is 40.2. The SMILES string of the molecule is CC(C)CCCC(C)C1CCC2C3CC=C4CC(O)CCC4(C)C3CCC12C.CC(C)CCCC(C)C1CCC2C3CC=C4CC(O)CCC4(C)C3CCC12C. The Bertz CT molecular complexity index is 1290. The minimum absolute atomic E-state index is 0.0766. The van der Waals surface area contributed by atoms with Gasteiger partial charge in [-0.1, -0.05) is 131 Å². The highest BCUT2D eigenvalue weighted by atomic mass is 16.3. The highest BCUT2D eigenvalue weighted by molar-refractivity contribution is 5.27. The van der Waals surface area contributed by atoms with Crippen LogP contribution in [0.1, 0.15) is 210 Å². The van der Waals surface area contributed by atoms with E-state index in [1.54, 1.807) is 11.1 Å². The fraction of sp³-hybridized carbons (Fsp3) is 0.926. The van der Waals surface area contributed by atoms with Crippen molar-refractivity contribution in [2.45, 2.75) is 223 Å². The van der Waals surface area contributed by atoms with Gasteiger partial charge < -0.3 is 10.2 Å². The van der Waals surface area contributed by atoms with Crippen molar-refractivity contribution >= 4 is 0 Å². The standard InChI is InChI=1S/2C27H46O/c2*1-18(2)7-6-8-19(3)23-11-12-24-22-10-9-20-17-21(28)13-15-26(20,4)25(22)14-16-27(23,24)5/h2*9,18-19,21-25,28H,6-8,10-17H2,1-5H3. The summed E-state index contributed by atoms with van der Waals surface area (Å²) in [6.07, 6.45) is 34.3. The molecule has 8 aliphatic rings. The van der Waals surface area contributed by atoms with E-state index in [1.165, 1.54) is 116 Å². The lowest BCUT2D eigenvalue weighted by atomic mass is 9.47. The molecule has 56 heavy (non-hydrogen) atoms. The highest BCUT2D eigenvalue weighted by Crippen LogP contribution is 2.69. The van der Waals surface area contributed by atoms with E-state index in [-0.39, 0.29) is 12.2 Å². The Labute approximate surface area is 347 Å². The Balaban J connectivity index is 0.000000172. The molecule has 320 valence electrons. The maximum absolute atomic E-state index is 10.2. The van der Waals surface area contributed by atoms with Crippen molar-refractivity contribution in [3.8, 4) is 0 Å². The smallest absolute Gasteiger partial charge is 0.0577 e. The van der Waals surface area contributed by atoms with E-state index >= 15 is 0 Å². The Hall–Kier alpha value is -0.600. The fourth-order valence-corrected chi connectivity index (χ4v) is 17.3. The number of aliphatic hydroxyl groups is 2. The molecule has 0 aromatic rings. The van der Waals surface area contributed by atoms with Crippen LogP contribution in [0.3, 0.4) is 0 Å². The van der Waals surface area contributed by atoms with Crippen molar-refractivity contribution in [2.75, 3.05) is 0 Å². The van der Waals surface area contributed by atoms with E-state index in [0.29, 0.717) is 21.7 Å². The van der Waals surface area contributed by atoms with E-state index < -0.39 is 0 Å². The molecule has 16 atom stereocenters. The van der Waals surface area contributed by atoms with E-state index in [0.717, 1.165) is 96.7 Å².